The summed E-state index contributed by atoms with van der Waals surface area (Å²) in [5.41, 5.74) is 1.64. The molecular weight excluding hydrogens is 307 g/mol. The summed E-state index contributed by atoms with van der Waals surface area (Å²) >= 11 is 0. The van der Waals surface area contributed by atoms with Gasteiger partial charge in [0.15, 0.2) is 15.7 Å². The Morgan fingerprint density at radius 3 is 2.55 bits per heavy atom. The summed E-state index contributed by atoms with van der Waals surface area (Å²) in [7, 11) is -3.45. The Hall–Kier alpha value is -2.41. The molecule has 2 aliphatic heterocycles. The fourth-order valence-corrected chi connectivity index (χ4v) is 3.03. The number of sulfone groups is 1. The van der Waals surface area contributed by atoms with Crippen LogP contribution in [0.25, 0.3) is 22.5 Å². The minimum Gasteiger partial charge on any atom is -0.427 e. The molecule has 0 saturated carbocycles. The van der Waals surface area contributed by atoms with E-state index in [4.69, 9.17) is 0 Å². The third-order valence-electron chi connectivity index (χ3n) is 3.51. The molecule has 1 aromatic rings. The van der Waals surface area contributed by atoms with E-state index in [0.29, 0.717) is 22.6 Å². The molecule has 0 atom stereocenters. The highest BCUT2D eigenvalue weighted by Gasteiger charge is 2.20. The highest BCUT2D eigenvalue weighted by Crippen LogP contribution is 2.36. The molecule has 0 aromatic heterocycles. The number of pyridine rings is 1. The van der Waals surface area contributed by atoms with Gasteiger partial charge in [-0.3, -0.25) is 0 Å². The molecule has 0 fully saturated rings. The number of hydrogen-bond donors (Lipinski definition) is 1. The van der Waals surface area contributed by atoms with Crippen molar-refractivity contribution < 1.29 is 18.0 Å². The molecule has 0 aliphatic carbocycles. The molecule has 0 unspecified atom stereocenters. The zero-order valence-electron chi connectivity index (χ0n) is 11.9. The van der Waals surface area contributed by atoms with Crippen molar-refractivity contribution in [2.45, 2.75) is 11.8 Å². The summed E-state index contributed by atoms with van der Waals surface area (Å²) in [6, 6.07) is 6.89. The highest BCUT2D eigenvalue weighted by molar-refractivity contribution is 7.90. The minimum atomic E-state index is -3.45. The lowest BCUT2D eigenvalue weighted by Crippen LogP contribution is -2.05. The monoisotopic (exact) mass is 320 g/mol. The molecule has 0 amide bonds. The molecule has 0 radical (unpaired) electrons. The van der Waals surface area contributed by atoms with Crippen molar-refractivity contribution in [2.24, 2.45) is 0 Å². The third-order valence-corrected chi connectivity index (χ3v) is 4.62. The van der Waals surface area contributed by atoms with Gasteiger partial charge in [0.2, 0.25) is 0 Å². The highest BCUT2D eigenvalue weighted by atomic mass is 32.2. The molecule has 5 nitrogen and oxygen atoms in total. The number of fused-ring (bicyclic) bond motifs is 1. The lowest BCUT2D eigenvalue weighted by Gasteiger charge is -2.14. The lowest BCUT2D eigenvalue weighted by atomic mass is 9.99. The first-order valence-corrected chi connectivity index (χ1v) is 8.34. The predicted octanol–water partition coefficient (Wildman–Crippen LogP) is 2.74. The molecule has 114 valence electrons. The first-order valence-electron chi connectivity index (χ1n) is 6.45. The van der Waals surface area contributed by atoms with Crippen LogP contribution in [0.3, 0.4) is 0 Å². The zero-order valence-corrected chi connectivity index (χ0v) is 12.7. The Kier molecular flexibility index (Phi) is 3.17. The van der Waals surface area contributed by atoms with Crippen LogP contribution < -0.4 is 0 Å². The van der Waals surface area contributed by atoms with Crippen molar-refractivity contribution in [3.8, 4) is 22.5 Å². The number of nitrogens with zero attached hydrogens (tertiary/aromatic N) is 2. The van der Waals surface area contributed by atoms with Crippen molar-refractivity contribution in [1.29, 1.82) is 0 Å². The zero-order chi connectivity index (χ0) is 16.1. The molecule has 7 heteroatoms. The van der Waals surface area contributed by atoms with Crippen LogP contribution in [-0.4, -0.2) is 29.6 Å². The first kappa shape index (κ1) is 14.5. The molecule has 1 N–H and O–H groups in total. The van der Waals surface area contributed by atoms with E-state index in [2.05, 4.69) is 4.98 Å². The van der Waals surface area contributed by atoms with Gasteiger partial charge < -0.3 is 5.21 Å². The predicted molar refractivity (Wildman–Crippen MR) is 79.3 cm³/mol. The average molecular weight is 320 g/mol. The van der Waals surface area contributed by atoms with E-state index in [0.717, 1.165) is 17.1 Å². The van der Waals surface area contributed by atoms with E-state index >= 15 is 0 Å². The van der Waals surface area contributed by atoms with Crippen LogP contribution in [0.2, 0.25) is 0 Å². The molecule has 2 aliphatic rings. The molecule has 3 rings (SSSR count). The summed E-state index contributed by atoms with van der Waals surface area (Å²) in [6.07, 6.45) is 2.57. The van der Waals surface area contributed by atoms with Crippen LogP contribution in [0, 0.1) is 12.7 Å². The number of benzene rings is 1. The Morgan fingerprint density at radius 1 is 1.14 bits per heavy atom. The van der Waals surface area contributed by atoms with Crippen molar-refractivity contribution in [1.82, 2.24) is 9.71 Å². The third kappa shape index (κ3) is 2.23. The largest absolute Gasteiger partial charge is 0.427 e. The van der Waals surface area contributed by atoms with Crippen LogP contribution in [-0.2, 0) is 9.84 Å². The van der Waals surface area contributed by atoms with Crippen molar-refractivity contribution in [3.63, 3.8) is 0 Å². The molecular formula is C15H13FN2O3S. The van der Waals surface area contributed by atoms with Gasteiger partial charge in [-0.2, -0.15) is 4.73 Å². The van der Waals surface area contributed by atoms with Gasteiger partial charge in [-0.15, -0.1) is 0 Å². The van der Waals surface area contributed by atoms with Gasteiger partial charge in [0.05, 0.1) is 10.6 Å². The van der Waals surface area contributed by atoms with Crippen LogP contribution in [0.5, 0.6) is 0 Å². The van der Waals surface area contributed by atoms with E-state index < -0.39 is 15.7 Å². The number of aryl methyl sites for hydroxylation is 1. The van der Waals surface area contributed by atoms with Crippen molar-refractivity contribution >= 4 is 9.84 Å². The minimum absolute atomic E-state index is 0.0370. The van der Waals surface area contributed by atoms with Gasteiger partial charge in [-0.1, -0.05) is 0 Å². The van der Waals surface area contributed by atoms with Crippen molar-refractivity contribution in [3.05, 3.63) is 48.0 Å². The number of rotatable bonds is 2. The average Bonchev–Trinajstić information content (AvgIpc) is 2.92. The standard InChI is InChI=1S/C15H13FN2O3S/c1-9-7-12(11-5-6-17-15(11)18(9)19)13-8-10(22(2,20)21)3-4-14(13)16/h3-8,19H,1-2H3. The summed E-state index contributed by atoms with van der Waals surface area (Å²) in [5, 5.41) is 9.94. The van der Waals surface area contributed by atoms with E-state index in [1.54, 1.807) is 19.1 Å². The Labute approximate surface area is 126 Å². The molecule has 22 heavy (non-hydrogen) atoms. The fourth-order valence-electron chi connectivity index (χ4n) is 2.38. The number of halogens is 1. The maximum Gasteiger partial charge on any atom is 0.176 e. The summed E-state index contributed by atoms with van der Waals surface area (Å²) in [5.74, 6) is -0.246. The van der Waals surface area contributed by atoms with Gasteiger partial charge >= 0.3 is 0 Å². The normalized spacial score (nSPS) is 12.0. The summed E-state index contributed by atoms with van der Waals surface area (Å²) < 4.78 is 38.5. The molecule has 1 aromatic carbocycles. The van der Waals surface area contributed by atoms with Crippen LogP contribution in [0.1, 0.15) is 5.69 Å². The lowest BCUT2D eigenvalue weighted by molar-refractivity contribution is 0.180. The smallest absolute Gasteiger partial charge is 0.176 e. The topological polar surface area (TPSA) is 72.2 Å². The van der Waals surface area contributed by atoms with Crippen LogP contribution >= 0.6 is 0 Å². The van der Waals surface area contributed by atoms with E-state index in [1.165, 1.54) is 18.3 Å². The quantitative estimate of drug-likeness (QED) is 0.582. The number of aromatic nitrogens is 2. The van der Waals surface area contributed by atoms with Crippen LogP contribution in [0.15, 0.2) is 41.4 Å². The Balaban J connectivity index is 2.33. The van der Waals surface area contributed by atoms with Gasteiger partial charge in [0.1, 0.15) is 5.82 Å². The van der Waals surface area contributed by atoms with Gasteiger partial charge in [0.25, 0.3) is 0 Å². The second-order valence-electron chi connectivity index (χ2n) is 5.11. The van der Waals surface area contributed by atoms with E-state index in [9.17, 15) is 18.0 Å². The Bertz CT molecular complexity index is 948. The second kappa shape index (κ2) is 4.81. The van der Waals surface area contributed by atoms with Crippen molar-refractivity contribution in [2.75, 3.05) is 6.26 Å². The SMILES string of the molecule is Cc1cc(-c2cc(S(C)(=O)=O)ccc2F)c2ccnc-2n1O. The molecule has 0 bridgehead atoms. The maximum absolute atomic E-state index is 14.2. The fraction of sp³-hybridized carbons (Fsp3) is 0.133. The van der Waals surface area contributed by atoms with Gasteiger partial charge in [-0.25, -0.2) is 17.8 Å². The van der Waals surface area contributed by atoms with Crippen LogP contribution in [0.4, 0.5) is 4.39 Å². The Morgan fingerprint density at radius 2 is 1.86 bits per heavy atom. The summed E-state index contributed by atoms with van der Waals surface area (Å²) in [4.78, 5) is 4.08. The molecule has 0 saturated heterocycles. The number of hydrogen-bond acceptors (Lipinski definition) is 4. The maximum atomic E-state index is 14.2. The van der Waals surface area contributed by atoms with Gasteiger partial charge in [-0.05, 0) is 42.8 Å². The summed E-state index contributed by atoms with van der Waals surface area (Å²) in [6.45, 7) is 1.65. The van der Waals surface area contributed by atoms with E-state index in [1.807, 2.05) is 0 Å². The molecule has 2 heterocycles. The van der Waals surface area contributed by atoms with Gasteiger partial charge in [0, 0.05) is 23.6 Å². The molecule has 0 spiro atoms. The first-order chi connectivity index (χ1) is 10.3. The van der Waals surface area contributed by atoms with E-state index in [-0.39, 0.29) is 10.5 Å². The second-order valence-corrected chi connectivity index (χ2v) is 7.12.